The van der Waals surface area contributed by atoms with Crippen LogP contribution in [-0.4, -0.2) is 12.3 Å². The van der Waals surface area contributed by atoms with Crippen molar-refractivity contribution in [3.8, 4) is 5.75 Å². The first-order valence-electron chi connectivity index (χ1n) is 6.41. The lowest BCUT2D eigenvalue weighted by Crippen LogP contribution is -2.22. The Kier molecular flexibility index (Phi) is 3.79. The van der Waals surface area contributed by atoms with Gasteiger partial charge in [0.1, 0.15) is 11.6 Å². The number of nitrogens with zero attached hydrogens (tertiary/aromatic N) is 1. The Bertz CT molecular complexity index is 792. The molecular formula is C15H8BrF4NO2. The zero-order valence-corrected chi connectivity index (χ0v) is 12.9. The van der Waals surface area contributed by atoms with Gasteiger partial charge in [0.2, 0.25) is 5.91 Å². The molecule has 2 aromatic rings. The molecule has 3 rings (SSSR count). The number of carbonyl (C=O) groups is 1. The summed E-state index contributed by atoms with van der Waals surface area (Å²) >= 11 is 3.27. The quantitative estimate of drug-likeness (QED) is 0.696. The molecule has 0 aromatic heterocycles. The lowest BCUT2D eigenvalue weighted by Gasteiger charge is -2.19. The molecule has 2 aromatic carbocycles. The highest BCUT2D eigenvalue weighted by Gasteiger charge is 2.34. The van der Waals surface area contributed by atoms with Crippen LogP contribution in [0.2, 0.25) is 0 Å². The van der Waals surface area contributed by atoms with Crippen LogP contribution in [0.1, 0.15) is 5.56 Å². The van der Waals surface area contributed by atoms with Crippen molar-refractivity contribution in [3.63, 3.8) is 0 Å². The van der Waals surface area contributed by atoms with Gasteiger partial charge in [-0.25, -0.2) is 4.39 Å². The van der Waals surface area contributed by atoms with Gasteiger partial charge >= 0.3 is 6.36 Å². The van der Waals surface area contributed by atoms with Crippen LogP contribution in [0.4, 0.5) is 28.9 Å². The predicted molar refractivity (Wildman–Crippen MR) is 78.1 cm³/mol. The summed E-state index contributed by atoms with van der Waals surface area (Å²) in [5.41, 5.74) is 0.810. The molecule has 3 nitrogen and oxygen atoms in total. The Morgan fingerprint density at radius 3 is 2.52 bits per heavy atom. The SMILES string of the molecule is O=C1Cc2cc(Br)ccc2N1c1cc(OC(F)(F)F)ccc1F. The minimum atomic E-state index is -4.90. The van der Waals surface area contributed by atoms with Gasteiger partial charge in [0.25, 0.3) is 0 Å². The van der Waals surface area contributed by atoms with Crippen LogP contribution in [0.15, 0.2) is 40.9 Å². The molecule has 0 radical (unpaired) electrons. The minimum Gasteiger partial charge on any atom is -0.406 e. The number of amides is 1. The van der Waals surface area contributed by atoms with Crippen LogP contribution in [0.3, 0.4) is 0 Å². The highest BCUT2D eigenvalue weighted by Crippen LogP contribution is 2.39. The maximum atomic E-state index is 14.1. The van der Waals surface area contributed by atoms with Crippen LogP contribution in [0.25, 0.3) is 0 Å². The van der Waals surface area contributed by atoms with E-state index >= 15 is 0 Å². The standard InChI is InChI=1S/C15H8BrF4NO2/c16-9-1-4-12-8(5-9)6-14(22)21(12)13-7-10(2-3-11(13)17)23-15(18,19)20/h1-5,7H,6H2. The van der Waals surface area contributed by atoms with Gasteiger partial charge in [0, 0.05) is 10.5 Å². The second kappa shape index (κ2) is 5.52. The van der Waals surface area contributed by atoms with E-state index in [4.69, 9.17) is 0 Å². The molecule has 1 aliphatic heterocycles. The molecule has 1 amide bonds. The number of alkyl halides is 3. The van der Waals surface area contributed by atoms with Crippen molar-refractivity contribution >= 4 is 33.2 Å². The number of halogens is 5. The Balaban J connectivity index is 2.05. The first kappa shape index (κ1) is 15.8. The summed E-state index contributed by atoms with van der Waals surface area (Å²) < 4.78 is 55.5. The first-order valence-corrected chi connectivity index (χ1v) is 7.20. The first-order chi connectivity index (χ1) is 10.7. The maximum absolute atomic E-state index is 14.1. The van der Waals surface area contributed by atoms with Gasteiger partial charge in [-0.05, 0) is 35.9 Å². The predicted octanol–water partition coefficient (Wildman–Crippen LogP) is 4.71. The average Bonchev–Trinajstić information content (AvgIpc) is 2.74. The van der Waals surface area contributed by atoms with Crippen molar-refractivity contribution in [2.24, 2.45) is 0 Å². The molecule has 0 aliphatic carbocycles. The number of fused-ring (bicyclic) bond motifs is 1. The van der Waals surface area contributed by atoms with E-state index in [0.29, 0.717) is 11.3 Å². The molecule has 0 atom stereocenters. The Labute approximate surface area is 136 Å². The Morgan fingerprint density at radius 2 is 1.83 bits per heavy atom. The van der Waals surface area contributed by atoms with Gasteiger partial charge in [-0.1, -0.05) is 15.9 Å². The highest BCUT2D eigenvalue weighted by atomic mass is 79.9. The maximum Gasteiger partial charge on any atom is 0.573 e. The van der Waals surface area contributed by atoms with E-state index in [9.17, 15) is 22.4 Å². The van der Waals surface area contributed by atoms with Gasteiger partial charge in [-0.2, -0.15) is 0 Å². The fourth-order valence-electron chi connectivity index (χ4n) is 2.42. The number of benzene rings is 2. The second-order valence-corrected chi connectivity index (χ2v) is 5.76. The lowest BCUT2D eigenvalue weighted by atomic mass is 10.2. The van der Waals surface area contributed by atoms with E-state index in [2.05, 4.69) is 20.7 Å². The molecule has 0 saturated heterocycles. The third-order valence-electron chi connectivity index (χ3n) is 3.27. The Morgan fingerprint density at radius 1 is 1.09 bits per heavy atom. The number of hydrogen-bond acceptors (Lipinski definition) is 2. The van der Waals surface area contributed by atoms with Crippen LogP contribution in [-0.2, 0) is 11.2 Å². The van der Waals surface area contributed by atoms with Crippen molar-refractivity contribution in [1.82, 2.24) is 0 Å². The molecule has 120 valence electrons. The number of ether oxygens (including phenoxy) is 1. The van der Waals surface area contributed by atoms with E-state index in [1.165, 1.54) is 0 Å². The molecule has 1 heterocycles. The highest BCUT2D eigenvalue weighted by molar-refractivity contribution is 9.10. The summed E-state index contributed by atoms with van der Waals surface area (Å²) in [6.07, 6.45) is -4.86. The average molecular weight is 390 g/mol. The zero-order valence-electron chi connectivity index (χ0n) is 11.3. The van der Waals surface area contributed by atoms with E-state index in [0.717, 1.165) is 27.6 Å². The molecule has 0 fully saturated rings. The van der Waals surface area contributed by atoms with E-state index in [1.54, 1.807) is 18.2 Å². The number of hydrogen-bond donors (Lipinski definition) is 0. The third-order valence-corrected chi connectivity index (χ3v) is 3.76. The normalized spacial score (nSPS) is 14.1. The van der Waals surface area contributed by atoms with Gasteiger partial charge < -0.3 is 4.74 Å². The summed E-state index contributed by atoms with van der Waals surface area (Å²) in [4.78, 5) is 13.2. The summed E-state index contributed by atoms with van der Waals surface area (Å²) in [5.74, 6) is -1.84. The third kappa shape index (κ3) is 3.17. The molecule has 0 bridgehead atoms. The van der Waals surface area contributed by atoms with Crippen LogP contribution < -0.4 is 9.64 Å². The summed E-state index contributed by atoms with van der Waals surface area (Å²) in [5, 5.41) is 0. The number of carbonyl (C=O) groups excluding carboxylic acids is 1. The molecule has 1 aliphatic rings. The summed E-state index contributed by atoms with van der Waals surface area (Å²) in [6.45, 7) is 0. The summed E-state index contributed by atoms with van der Waals surface area (Å²) in [6, 6.07) is 7.52. The Hall–Kier alpha value is -2.09. The van der Waals surface area contributed by atoms with Crippen molar-refractivity contribution in [2.45, 2.75) is 12.8 Å². The van der Waals surface area contributed by atoms with Crippen molar-refractivity contribution < 1.29 is 27.1 Å². The van der Waals surface area contributed by atoms with Crippen LogP contribution >= 0.6 is 15.9 Å². The monoisotopic (exact) mass is 389 g/mol. The lowest BCUT2D eigenvalue weighted by molar-refractivity contribution is -0.274. The molecule has 0 saturated carbocycles. The van der Waals surface area contributed by atoms with Crippen molar-refractivity contribution in [1.29, 1.82) is 0 Å². The fourth-order valence-corrected chi connectivity index (χ4v) is 2.82. The van der Waals surface area contributed by atoms with Gasteiger partial charge in [0.15, 0.2) is 0 Å². The van der Waals surface area contributed by atoms with Crippen molar-refractivity contribution in [3.05, 3.63) is 52.3 Å². The molecular weight excluding hydrogens is 382 g/mol. The van der Waals surface area contributed by atoms with E-state index in [1.807, 2.05) is 0 Å². The van der Waals surface area contributed by atoms with Crippen LogP contribution in [0, 0.1) is 5.82 Å². The second-order valence-electron chi connectivity index (χ2n) is 4.84. The smallest absolute Gasteiger partial charge is 0.406 e. The van der Waals surface area contributed by atoms with Crippen LogP contribution in [0.5, 0.6) is 5.75 Å². The van der Waals surface area contributed by atoms with Crippen molar-refractivity contribution in [2.75, 3.05) is 4.90 Å². The molecule has 23 heavy (non-hydrogen) atoms. The molecule has 0 unspecified atom stereocenters. The van der Waals surface area contributed by atoms with E-state index < -0.39 is 23.8 Å². The topological polar surface area (TPSA) is 29.5 Å². The summed E-state index contributed by atoms with van der Waals surface area (Å²) in [7, 11) is 0. The molecule has 0 spiro atoms. The zero-order chi connectivity index (χ0) is 16.8. The van der Waals surface area contributed by atoms with Gasteiger partial charge in [-0.3, -0.25) is 9.69 Å². The van der Waals surface area contributed by atoms with E-state index in [-0.39, 0.29) is 12.1 Å². The fraction of sp³-hybridized carbons (Fsp3) is 0.133. The molecule has 8 heteroatoms. The number of anilines is 2. The van der Waals surface area contributed by atoms with Gasteiger partial charge in [0.05, 0.1) is 17.8 Å². The molecule has 0 N–H and O–H groups in total. The minimum absolute atomic E-state index is 0.0402. The number of rotatable bonds is 2. The largest absolute Gasteiger partial charge is 0.573 e. The van der Waals surface area contributed by atoms with Gasteiger partial charge in [-0.15, -0.1) is 13.2 Å².